The van der Waals surface area contributed by atoms with Crippen LogP contribution < -0.4 is 5.32 Å². The lowest BCUT2D eigenvalue weighted by Crippen LogP contribution is -2.31. The van der Waals surface area contributed by atoms with E-state index in [-0.39, 0.29) is 12.6 Å². The molecule has 0 radical (unpaired) electrons. The molecular weight excluding hydrogens is 304 g/mol. The third-order valence-corrected chi connectivity index (χ3v) is 3.33. The Hall–Kier alpha value is -2.40. The Bertz CT molecular complexity index is 661. The molecule has 0 spiro atoms. The fourth-order valence-electron chi connectivity index (χ4n) is 1.89. The van der Waals surface area contributed by atoms with Crippen LogP contribution in [0.1, 0.15) is 28.9 Å². The van der Waals surface area contributed by atoms with Gasteiger partial charge < -0.3 is 10.1 Å². The van der Waals surface area contributed by atoms with Gasteiger partial charge in [0.15, 0.2) is 6.61 Å². The van der Waals surface area contributed by atoms with E-state index >= 15 is 0 Å². The summed E-state index contributed by atoms with van der Waals surface area (Å²) in [4.78, 5) is 27.3. The van der Waals surface area contributed by atoms with E-state index in [2.05, 4.69) is 10.3 Å². The molecule has 0 fully saturated rings. The van der Waals surface area contributed by atoms with Crippen LogP contribution in [0.2, 0.25) is 5.02 Å². The van der Waals surface area contributed by atoms with Crippen LogP contribution in [-0.2, 0) is 9.53 Å². The topological polar surface area (TPSA) is 68.3 Å². The van der Waals surface area contributed by atoms with Crippen LogP contribution in [0.25, 0.3) is 0 Å². The van der Waals surface area contributed by atoms with Crippen molar-refractivity contribution >= 4 is 23.5 Å². The minimum Gasteiger partial charge on any atom is -0.452 e. The number of pyridine rings is 1. The maximum absolute atomic E-state index is 11.8. The maximum Gasteiger partial charge on any atom is 0.340 e. The van der Waals surface area contributed by atoms with Crippen LogP contribution in [0.3, 0.4) is 0 Å². The number of rotatable bonds is 5. The summed E-state index contributed by atoms with van der Waals surface area (Å²) >= 11 is 6.07. The second-order valence-electron chi connectivity index (χ2n) is 4.63. The number of hydrogen-bond donors (Lipinski definition) is 1. The first kappa shape index (κ1) is 16.0. The van der Waals surface area contributed by atoms with Gasteiger partial charge in [0.25, 0.3) is 5.91 Å². The molecule has 1 heterocycles. The number of amides is 1. The molecule has 22 heavy (non-hydrogen) atoms. The number of halogens is 1. The Morgan fingerprint density at radius 3 is 2.73 bits per heavy atom. The second-order valence-corrected chi connectivity index (χ2v) is 5.04. The van der Waals surface area contributed by atoms with Gasteiger partial charge in [-0.2, -0.15) is 0 Å². The van der Waals surface area contributed by atoms with Crippen molar-refractivity contribution < 1.29 is 14.3 Å². The highest BCUT2D eigenvalue weighted by Crippen LogP contribution is 2.21. The number of nitrogens with zero attached hydrogens (tertiary/aromatic N) is 1. The molecule has 0 unspecified atom stereocenters. The normalized spacial score (nSPS) is 11.5. The summed E-state index contributed by atoms with van der Waals surface area (Å²) in [6.45, 7) is 1.45. The number of esters is 1. The van der Waals surface area contributed by atoms with E-state index in [1.54, 1.807) is 24.4 Å². The van der Waals surface area contributed by atoms with E-state index in [0.29, 0.717) is 10.6 Å². The van der Waals surface area contributed by atoms with Crippen molar-refractivity contribution in [1.29, 1.82) is 0 Å². The van der Waals surface area contributed by atoms with Gasteiger partial charge in [0.2, 0.25) is 0 Å². The van der Waals surface area contributed by atoms with E-state index in [1.807, 2.05) is 25.1 Å². The molecule has 0 bridgehead atoms. The summed E-state index contributed by atoms with van der Waals surface area (Å²) in [5.41, 5.74) is 1.10. The minimum absolute atomic E-state index is 0.279. The fourth-order valence-corrected chi connectivity index (χ4v) is 2.18. The molecule has 2 rings (SSSR count). The van der Waals surface area contributed by atoms with Crippen LogP contribution in [0.15, 0.2) is 48.8 Å². The SMILES string of the molecule is C[C@H](NC(=O)COC(=O)c1cccnc1)c1ccccc1Cl. The molecule has 5 nitrogen and oxygen atoms in total. The summed E-state index contributed by atoms with van der Waals surface area (Å²) < 4.78 is 4.93. The summed E-state index contributed by atoms with van der Waals surface area (Å²) in [6, 6.07) is 10.1. The Morgan fingerprint density at radius 2 is 2.05 bits per heavy atom. The number of hydrogen-bond acceptors (Lipinski definition) is 4. The zero-order valence-electron chi connectivity index (χ0n) is 12.0. The monoisotopic (exact) mass is 318 g/mol. The van der Waals surface area contributed by atoms with Crippen molar-refractivity contribution in [2.45, 2.75) is 13.0 Å². The lowest BCUT2D eigenvalue weighted by Gasteiger charge is -2.15. The molecular formula is C16H15ClN2O3. The Labute approximate surface area is 133 Å². The van der Waals surface area contributed by atoms with Crippen molar-refractivity contribution in [3.8, 4) is 0 Å². The standard InChI is InChI=1S/C16H15ClN2O3/c1-11(13-6-2-3-7-14(13)17)19-15(20)10-22-16(21)12-5-4-8-18-9-12/h2-9,11H,10H2,1H3,(H,19,20)/t11-/m0/s1. The highest BCUT2D eigenvalue weighted by molar-refractivity contribution is 6.31. The molecule has 1 aromatic heterocycles. The van der Waals surface area contributed by atoms with Gasteiger partial charge >= 0.3 is 5.97 Å². The zero-order chi connectivity index (χ0) is 15.9. The second kappa shape index (κ2) is 7.56. The predicted molar refractivity (Wildman–Crippen MR) is 82.5 cm³/mol. The summed E-state index contributed by atoms with van der Waals surface area (Å²) in [6.07, 6.45) is 2.93. The zero-order valence-corrected chi connectivity index (χ0v) is 12.7. The van der Waals surface area contributed by atoms with Crippen molar-refractivity contribution in [3.05, 3.63) is 64.9 Å². The van der Waals surface area contributed by atoms with Gasteiger partial charge in [-0.15, -0.1) is 0 Å². The Balaban J connectivity index is 1.86. The third-order valence-electron chi connectivity index (χ3n) is 2.98. The number of nitrogens with one attached hydrogen (secondary N) is 1. The quantitative estimate of drug-likeness (QED) is 0.861. The van der Waals surface area contributed by atoms with E-state index < -0.39 is 11.9 Å². The number of carbonyl (C=O) groups is 2. The largest absolute Gasteiger partial charge is 0.452 e. The number of benzene rings is 1. The van der Waals surface area contributed by atoms with Gasteiger partial charge in [0.1, 0.15) is 0 Å². The van der Waals surface area contributed by atoms with E-state index in [4.69, 9.17) is 16.3 Å². The molecule has 0 saturated carbocycles. The number of carbonyl (C=O) groups excluding carboxylic acids is 2. The molecule has 6 heteroatoms. The molecule has 1 aromatic carbocycles. The van der Waals surface area contributed by atoms with Gasteiger partial charge in [0.05, 0.1) is 11.6 Å². The van der Waals surface area contributed by atoms with E-state index in [1.165, 1.54) is 6.20 Å². The Kier molecular flexibility index (Phi) is 5.49. The predicted octanol–water partition coefficient (Wildman–Crippen LogP) is 2.77. The molecule has 1 amide bonds. The molecule has 0 aliphatic carbocycles. The van der Waals surface area contributed by atoms with Crippen molar-refractivity contribution in [2.24, 2.45) is 0 Å². The smallest absolute Gasteiger partial charge is 0.340 e. The summed E-state index contributed by atoms with van der Waals surface area (Å²) in [7, 11) is 0. The van der Waals surface area contributed by atoms with Gasteiger partial charge in [0, 0.05) is 17.4 Å². The first-order valence-corrected chi connectivity index (χ1v) is 7.06. The van der Waals surface area contributed by atoms with E-state index in [9.17, 15) is 9.59 Å². The highest BCUT2D eigenvalue weighted by atomic mass is 35.5. The van der Waals surface area contributed by atoms with Crippen LogP contribution in [-0.4, -0.2) is 23.5 Å². The first-order chi connectivity index (χ1) is 10.6. The first-order valence-electron chi connectivity index (χ1n) is 6.69. The highest BCUT2D eigenvalue weighted by Gasteiger charge is 2.14. The third kappa shape index (κ3) is 4.30. The molecule has 0 aliphatic heterocycles. The minimum atomic E-state index is -0.589. The molecule has 2 aromatic rings. The van der Waals surface area contributed by atoms with Crippen LogP contribution >= 0.6 is 11.6 Å². The van der Waals surface area contributed by atoms with Gasteiger partial charge in [-0.1, -0.05) is 29.8 Å². The van der Waals surface area contributed by atoms with Gasteiger partial charge in [-0.3, -0.25) is 9.78 Å². The molecule has 0 aliphatic rings. The fraction of sp³-hybridized carbons (Fsp3) is 0.188. The molecule has 1 atom stereocenters. The van der Waals surface area contributed by atoms with Crippen molar-refractivity contribution in [1.82, 2.24) is 10.3 Å². The Morgan fingerprint density at radius 1 is 1.27 bits per heavy atom. The molecule has 1 N–H and O–H groups in total. The van der Waals surface area contributed by atoms with Crippen LogP contribution in [0.4, 0.5) is 0 Å². The van der Waals surface area contributed by atoms with Crippen LogP contribution in [0.5, 0.6) is 0 Å². The van der Waals surface area contributed by atoms with Gasteiger partial charge in [-0.25, -0.2) is 4.79 Å². The molecule has 0 saturated heterocycles. The van der Waals surface area contributed by atoms with E-state index in [0.717, 1.165) is 5.56 Å². The summed E-state index contributed by atoms with van der Waals surface area (Å²) in [5.74, 6) is -0.988. The maximum atomic E-state index is 11.8. The van der Waals surface area contributed by atoms with Crippen molar-refractivity contribution in [2.75, 3.05) is 6.61 Å². The molecule has 114 valence electrons. The number of aromatic nitrogens is 1. The lowest BCUT2D eigenvalue weighted by atomic mass is 10.1. The van der Waals surface area contributed by atoms with Crippen molar-refractivity contribution in [3.63, 3.8) is 0 Å². The number of ether oxygens (including phenoxy) is 1. The van der Waals surface area contributed by atoms with Gasteiger partial charge in [-0.05, 0) is 30.7 Å². The summed E-state index contributed by atoms with van der Waals surface area (Å²) in [5, 5.41) is 3.30. The average molecular weight is 319 g/mol. The lowest BCUT2D eigenvalue weighted by molar-refractivity contribution is -0.124. The van der Waals surface area contributed by atoms with Crippen LogP contribution in [0, 0.1) is 0 Å². The average Bonchev–Trinajstić information content (AvgIpc) is 2.53.